The Kier molecular flexibility index (Phi) is 3.68. The molecule has 0 radical (unpaired) electrons. The number of amides is 2. The van der Waals surface area contributed by atoms with Crippen molar-refractivity contribution in [3.63, 3.8) is 0 Å². The average molecular weight is 460 g/mol. The zero-order valence-corrected chi connectivity index (χ0v) is 17.5. The van der Waals surface area contributed by atoms with E-state index in [4.69, 9.17) is 0 Å². The lowest BCUT2D eigenvalue weighted by atomic mass is 9.47. The van der Waals surface area contributed by atoms with Crippen LogP contribution in [0.4, 0.5) is 5.69 Å². The van der Waals surface area contributed by atoms with Crippen molar-refractivity contribution in [3.8, 4) is 0 Å². The van der Waals surface area contributed by atoms with E-state index in [-0.39, 0.29) is 24.3 Å². The monoisotopic (exact) mass is 459 g/mol. The fourth-order valence-electron chi connectivity index (χ4n) is 6.04. The minimum atomic E-state index is -0.913. The molecule has 1 fully saturated rings. The summed E-state index contributed by atoms with van der Waals surface area (Å²) in [6, 6.07) is 23.1. The standard InChI is InChI=1S/C25H18BrNO3/c26-14-9-11-15(12-10-14)27-23(29)21-20-16-5-1-3-7-18(16)25(13-28,22(21)24(27)30)19-8-4-2-6-17(19)20/h1-12,20-22,28H,13H2/t20?,21-,22+,25?/m1/s1. The third-order valence-corrected chi connectivity index (χ3v) is 7.66. The van der Waals surface area contributed by atoms with Gasteiger partial charge in [0.15, 0.2) is 0 Å². The number of aliphatic hydroxyl groups is 1. The number of benzene rings is 3. The summed E-state index contributed by atoms with van der Waals surface area (Å²) < 4.78 is 0.884. The highest BCUT2D eigenvalue weighted by molar-refractivity contribution is 9.10. The number of imide groups is 1. The van der Waals surface area contributed by atoms with E-state index < -0.39 is 17.3 Å². The Bertz CT molecular complexity index is 1170. The Morgan fingerprint density at radius 2 is 1.40 bits per heavy atom. The predicted octanol–water partition coefficient (Wildman–Crippen LogP) is 3.99. The number of aliphatic hydroxyl groups excluding tert-OH is 1. The Morgan fingerprint density at radius 3 is 1.97 bits per heavy atom. The topological polar surface area (TPSA) is 57.6 Å². The molecule has 0 unspecified atom stereocenters. The fraction of sp³-hybridized carbons (Fsp3) is 0.200. The van der Waals surface area contributed by atoms with E-state index in [0.29, 0.717) is 5.69 Å². The number of hydrogen-bond donors (Lipinski definition) is 1. The molecule has 30 heavy (non-hydrogen) atoms. The van der Waals surface area contributed by atoms with E-state index in [1.807, 2.05) is 60.7 Å². The lowest BCUT2D eigenvalue weighted by molar-refractivity contribution is -0.124. The minimum absolute atomic E-state index is 0.181. The Labute approximate surface area is 182 Å². The van der Waals surface area contributed by atoms with Crippen LogP contribution in [0.15, 0.2) is 77.3 Å². The highest BCUT2D eigenvalue weighted by Crippen LogP contribution is 2.64. The maximum Gasteiger partial charge on any atom is 0.239 e. The van der Waals surface area contributed by atoms with Gasteiger partial charge in [-0.2, -0.15) is 0 Å². The molecule has 3 aromatic rings. The molecule has 4 nitrogen and oxygen atoms in total. The zero-order valence-electron chi connectivity index (χ0n) is 16.0. The summed E-state index contributed by atoms with van der Waals surface area (Å²) >= 11 is 3.41. The highest BCUT2D eigenvalue weighted by atomic mass is 79.9. The molecule has 7 rings (SSSR count). The molecule has 2 bridgehead atoms. The van der Waals surface area contributed by atoms with Gasteiger partial charge >= 0.3 is 0 Å². The summed E-state index contributed by atoms with van der Waals surface area (Å²) in [5, 5.41) is 10.8. The number of carbonyl (C=O) groups is 2. The molecule has 0 spiro atoms. The van der Waals surface area contributed by atoms with Gasteiger partial charge in [0.05, 0.1) is 29.5 Å². The fourth-order valence-corrected chi connectivity index (χ4v) is 6.31. The number of hydrogen-bond acceptors (Lipinski definition) is 3. The van der Waals surface area contributed by atoms with Gasteiger partial charge in [-0.15, -0.1) is 0 Å². The summed E-state index contributed by atoms with van der Waals surface area (Å²) in [6.07, 6.45) is 0. The molecule has 2 amide bonds. The van der Waals surface area contributed by atoms with Crippen LogP contribution in [-0.4, -0.2) is 23.5 Å². The molecular weight excluding hydrogens is 442 g/mol. The first-order valence-corrected chi connectivity index (χ1v) is 10.8. The van der Waals surface area contributed by atoms with Crippen molar-refractivity contribution < 1.29 is 14.7 Å². The second-order valence-electron chi connectivity index (χ2n) is 8.27. The summed E-state index contributed by atoms with van der Waals surface area (Å²) in [4.78, 5) is 28.8. The van der Waals surface area contributed by atoms with Crippen molar-refractivity contribution in [3.05, 3.63) is 99.5 Å². The van der Waals surface area contributed by atoms with Crippen molar-refractivity contribution in [1.82, 2.24) is 0 Å². The van der Waals surface area contributed by atoms with Crippen LogP contribution >= 0.6 is 15.9 Å². The van der Waals surface area contributed by atoms with Gasteiger partial charge in [-0.05, 0) is 46.5 Å². The molecule has 0 aromatic heterocycles. The van der Waals surface area contributed by atoms with Gasteiger partial charge in [-0.1, -0.05) is 64.5 Å². The summed E-state index contributed by atoms with van der Waals surface area (Å²) in [5.74, 6) is -1.73. The summed E-state index contributed by atoms with van der Waals surface area (Å²) in [5.41, 5.74) is 3.69. The zero-order chi connectivity index (χ0) is 20.6. The van der Waals surface area contributed by atoms with Gasteiger partial charge in [0.2, 0.25) is 11.8 Å². The normalized spacial score (nSPS) is 28.3. The van der Waals surface area contributed by atoms with Crippen LogP contribution in [0, 0.1) is 11.8 Å². The SMILES string of the molecule is O=C1[C@@H]2C3c4ccccc4C(CO)(c4ccccc43)[C@@H]2C(=O)N1c1ccc(Br)cc1. The summed E-state index contributed by atoms with van der Waals surface area (Å²) in [7, 11) is 0. The predicted molar refractivity (Wildman–Crippen MR) is 116 cm³/mol. The molecule has 1 heterocycles. The first-order chi connectivity index (χ1) is 14.6. The maximum absolute atomic E-state index is 13.8. The second kappa shape index (κ2) is 6.13. The number of anilines is 1. The van der Waals surface area contributed by atoms with Crippen LogP contribution in [0.5, 0.6) is 0 Å². The van der Waals surface area contributed by atoms with Crippen LogP contribution < -0.4 is 4.90 Å². The van der Waals surface area contributed by atoms with Gasteiger partial charge in [-0.25, -0.2) is 4.90 Å². The van der Waals surface area contributed by atoms with Crippen LogP contribution in [-0.2, 0) is 15.0 Å². The van der Waals surface area contributed by atoms with Crippen molar-refractivity contribution in [1.29, 1.82) is 0 Å². The van der Waals surface area contributed by atoms with Gasteiger partial charge < -0.3 is 5.11 Å². The van der Waals surface area contributed by atoms with Crippen LogP contribution in [0.1, 0.15) is 28.2 Å². The van der Waals surface area contributed by atoms with E-state index in [2.05, 4.69) is 15.9 Å². The Balaban J connectivity index is 1.63. The Hall–Kier alpha value is -2.76. The molecule has 148 valence electrons. The van der Waals surface area contributed by atoms with Crippen LogP contribution in [0.2, 0.25) is 0 Å². The third-order valence-electron chi connectivity index (χ3n) is 7.13. The van der Waals surface area contributed by atoms with E-state index >= 15 is 0 Å². The molecular formula is C25H18BrNO3. The molecule has 5 heteroatoms. The van der Waals surface area contributed by atoms with Gasteiger partial charge in [-0.3, -0.25) is 9.59 Å². The van der Waals surface area contributed by atoms with Crippen LogP contribution in [0.25, 0.3) is 0 Å². The number of halogens is 1. The first-order valence-electron chi connectivity index (χ1n) is 10.0. The number of nitrogens with zero attached hydrogens (tertiary/aromatic N) is 1. The van der Waals surface area contributed by atoms with E-state index in [0.717, 1.165) is 26.7 Å². The number of carbonyl (C=O) groups excluding carboxylic acids is 2. The summed E-state index contributed by atoms with van der Waals surface area (Å²) in [6.45, 7) is -0.220. The second-order valence-corrected chi connectivity index (χ2v) is 9.19. The molecule has 1 aliphatic heterocycles. The molecule has 4 aliphatic rings. The molecule has 3 aromatic carbocycles. The first kappa shape index (κ1) is 18.0. The number of rotatable bonds is 2. The minimum Gasteiger partial charge on any atom is -0.395 e. The van der Waals surface area contributed by atoms with E-state index in [1.54, 1.807) is 12.1 Å². The molecule has 2 atom stereocenters. The lowest BCUT2D eigenvalue weighted by Crippen LogP contribution is -2.55. The molecule has 1 N–H and O–H groups in total. The largest absolute Gasteiger partial charge is 0.395 e. The van der Waals surface area contributed by atoms with Gasteiger partial charge in [0.25, 0.3) is 0 Å². The lowest BCUT2D eigenvalue weighted by Gasteiger charge is -2.53. The van der Waals surface area contributed by atoms with Gasteiger partial charge in [0, 0.05) is 10.4 Å². The quantitative estimate of drug-likeness (QED) is 0.589. The molecule has 1 saturated heterocycles. The van der Waals surface area contributed by atoms with E-state index in [1.165, 1.54) is 4.90 Å². The Morgan fingerprint density at radius 1 is 0.833 bits per heavy atom. The van der Waals surface area contributed by atoms with Crippen molar-refractivity contribution >= 4 is 33.4 Å². The maximum atomic E-state index is 13.8. The third kappa shape index (κ3) is 1.99. The smallest absolute Gasteiger partial charge is 0.239 e. The van der Waals surface area contributed by atoms with Crippen molar-refractivity contribution in [2.24, 2.45) is 11.8 Å². The average Bonchev–Trinajstić information content (AvgIpc) is 3.05. The van der Waals surface area contributed by atoms with Crippen molar-refractivity contribution in [2.45, 2.75) is 11.3 Å². The van der Waals surface area contributed by atoms with E-state index in [9.17, 15) is 14.7 Å². The van der Waals surface area contributed by atoms with Crippen molar-refractivity contribution in [2.75, 3.05) is 11.5 Å². The van der Waals surface area contributed by atoms with Crippen LogP contribution in [0.3, 0.4) is 0 Å². The molecule has 0 saturated carbocycles. The molecule has 3 aliphatic carbocycles. The highest BCUT2D eigenvalue weighted by Gasteiger charge is 2.68. The van der Waals surface area contributed by atoms with Gasteiger partial charge in [0.1, 0.15) is 0 Å².